The lowest BCUT2D eigenvalue weighted by Gasteiger charge is -2.18. The van der Waals surface area contributed by atoms with E-state index in [1.165, 1.54) is 0 Å². The zero-order valence-corrected chi connectivity index (χ0v) is 14.2. The van der Waals surface area contributed by atoms with Crippen molar-refractivity contribution in [2.24, 2.45) is 0 Å². The van der Waals surface area contributed by atoms with Gasteiger partial charge in [0.15, 0.2) is 11.6 Å². The summed E-state index contributed by atoms with van der Waals surface area (Å²) >= 11 is 0. The van der Waals surface area contributed by atoms with Gasteiger partial charge in [-0.1, -0.05) is 24.3 Å². The van der Waals surface area contributed by atoms with Gasteiger partial charge in [-0.05, 0) is 29.3 Å². The number of carbonyl (C=O) groups is 2. The van der Waals surface area contributed by atoms with Gasteiger partial charge in [0.1, 0.15) is 12.4 Å². The number of benzene rings is 2. The summed E-state index contributed by atoms with van der Waals surface area (Å²) in [6, 6.07) is 13.1. The van der Waals surface area contributed by atoms with Crippen LogP contribution in [0.4, 0.5) is 0 Å². The summed E-state index contributed by atoms with van der Waals surface area (Å²) in [6.07, 6.45) is 0.361. The fourth-order valence-electron chi connectivity index (χ4n) is 3.43. The van der Waals surface area contributed by atoms with E-state index in [1.54, 1.807) is 12.1 Å². The number of para-hydroxylation sites is 2. The Morgan fingerprint density at radius 3 is 2.81 bits per heavy atom. The number of Topliss-reactive ketones (excluding diaryl/α,β-unsaturated/α-hetero) is 2. The molecule has 1 aromatic heterocycles. The number of ketones is 2. The molecule has 0 saturated carbocycles. The molecule has 6 nitrogen and oxygen atoms in total. The summed E-state index contributed by atoms with van der Waals surface area (Å²) < 4.78 is 0. The first-order chi connectivity index (χ1) is 12.6. The van der Waals surface area contributed by atoms with Gasteiger partial charge in [0.2, 0.25) is 0 Å². The number of rotatable bonds is 4. The molecular weight excluding hydrogens is 330 g/mol. The van der Waals surface area contributed by atoms with E-state index in [-0.39, 0.29) is 11.6 Å². The van der Waals surface area contributed by atoms with E-state index in [0.717, 1.165) is 28.0 Å². The fourth-order valence-corrected chi connectivity index (χ4v) is 3.43. The monoisotopic (exact) mass is 349 g/mol. The highest BCUT2D eigenvalue weighted by atomic mass is 16.3. The average molecular weight is 349 g/mol. The standard InChI is InChI=1S/C20H19N3O3/c24-12-19(26)14-6-5-13-8-16(25)10-23(9-15(13)7-14)11-20-21-17-3-1-2-4-18(17)22-20/h1-7,24H,8-12H2,(H,21,22). The summed E-state index contributed by atoms with van der Waals surface area (Å²) in [4.78, 5) is 34.0. The van der Waals surface area contributed by atoms with E-state index in [2.05, 4.69) is 9.97 Å². The Morgan fingerprint density at radius 1 is 1.15 bits per heavy atom. The van der Waals surface area contributed by atoms with Crippen molar-refractivity contribution in [2.75, 3.05) is 13.2 Å². The molecule has 0 aliphatic carbocycles. The molecule has 2 heterocycles. The Balaban J connectivity index is 1.61. The number of H-pyrrole nitrogens is 1. The summed E-state index contributed by atoms with van der Waals surface area (Å²) in [5.74, 6) is 0.637. The highest BCUT2D eigenvalue weighted by molar-refractivity contribution is 5.97. The maximum absolute atomic E-state index is 12.3. The number of aromatic nitrogens is 2. The predicted molar refractivity (Wildman–Crippen MR) is 96.8 cm³/mol. The van der Waals surface area contributed by atoms with Crippen LogP contribution in [-0.4, -0.2) is 44.7 Å². The quantitative estimate of drug-likeness (QED) is 0.702. The summed E-state index contributed by atoms with van der Waals surface area (Å²) in [7, 11) is 0. The number of fused-ring (bicyclic) bond motifs is 2. The van der Waals surface area contributed by atoms with Crippen LogP contribution in [0.5, 0.6) is 0 Å². The van der Waals surface area contributed by atoms with Gasteiger partial charge in [0, 0.05) is 18.5 Å². The third-order valence-electron chi connectivity index (χ3n) is 4.67. The van der Waals surface area contributed by atoms with Crippen LogP contribution in [0.2, 0.25) is 0 Å². The number of carbonyl (C=O) groups excluding carboxylic acids is 2. The number of nitrogens with zero attached hydrogens (tertiary/aromatic N) is 2. The molecule has 0 saturated heterocycles. The van der Waals surface area contributed by atoms with Crippen molar-refractivity contribution in [1.29, 1.82) is 0 Å². The molecule has 1 aliphatic rings. The Kier molecular flexibility index (Phi) is 4.36. The number of hydrogen-bond donors (Lipinski definition) is 2. The topological polar surface area (TPSA) is 86.3 Å². The Labute approximate surface area is 150 Å². The first-order valence-electron chi connectivity index (χ1n) is 8.56. The minimum atomic E-state index is -0.513. The smallest absolute Gasteiger partial charge is 0.188 e. The number of nitrogens with one attached hydrogen (secondary N) is 1. The second kappa shape index (κ2) is 6.82. The van der Waals surface area contributed by atoms with Crippen molar-refractivity contribution in [2.45, 2.75) is 19.5 Å². The molecule has 6 heteroatoms. The zero-order valence-electron chi connectivity index (χ0n) is 14.2. The summed E-state index contributed by atoms with van der Waals surface area (Å²) in [6.45, 7) is 0.915. The third-order valence-corrected chi connectivity index (χ3v) is 4.67. The molecule has 4 rings (SSSR count). The second-order valence-electron chi connectivity index (χ2n) is 6.63. The number of aliphatic hydroxyl groups excluding tert-OH is 1. The van der Waals surface area contributed by atoms with Crippen LogP contribution in [0.25, 0.3) is 11.0 Å². The summed E-state index contributed by atoms with van der Waals surface area (Å²) in [5.41, 5.74) is 4.24. The SMILES string of the molecule is O=C1Cc2ccc(C(=O)CO)cc2CN(Cc2nc3ccccc3[nH]2)C1. The van der Waals surface area contributed by atoms with Gasteiger partial charge >= 0.3 is 0 Å². The number of imidazole rings is 1. The van der Waals surface area contributed by atoms with Gasteiger partial charge in [-0.3, -0.25) is 14.5 Å². The van der Waals surface area contributed by atoms with Crippen LogP contribution in [0, 0.1) is 0 Å². The summed E-state index contributed by atoms with van der Waals surface area (Å²) in [5, 5.41) is 9.08. The molecule has 0 amide bonds. The molecule has 0 radical (unpaired) electrons. The van der Waals surface area contributed by atoms with Gasteiger partial charge in [0.25, 0.3) is 0 Å². The van der Waals surface area contributed by atoms with Crippen molar-refractivity contribution in [3.8, 4) is 0 Å². The lowest BCUT2D eigenvalue weighted by Crippen LogP contribution is -2.27. The molecule has 0 spiro atoms. The van der Waals surface area contributed by atoms with Crippen molar-refractivity contribution in [3.05, 3.63) is 65.0 Å². The van der Waals surface area contributed by atoms with Gasteiger partial charge in [-0.15, -0.1) is 0 Å². The first-order valence-corrected chi connectivity index (χ1v) is 8.56. The molecule has 0 atom stereocenters. The molecular formula is C20H19N3O3. The lowest BCUT2D eigenvalue weighted by molar-refractivity contribution is -0.119. The van der Waals surface area contributed by atoms with Crippen molar-refractivity contribution in [3.63, 3.8) is 0 Å². The van der Waals surface area contributed by atoms with Crippen LogP contribution in [0.3, 0.4) is 0 Å². The highest BCUT2D eigenvalue weighted by Crippen LogP contribution is 2.21. The van der Waals surface area contributed by atoms with Crippen LogP contribution in [0.1, 0.15) is 27.3 Å². The molecule has 2 N–H and O–H groups in total. The van der Waals surface area contributed by atoms with Crippen LogP contribution < -0.4 is 0 Å². The molecule has 0 fully saturated rings. The van der Waals surface area contributed by atoms with Gasteiger partial charge < -0.3 is 10.1 Å². The highest BCUT2D eigenvalue weighted by Gasteiger charge is 2.21. The Morgan fingerprint density at radius 2 is 2.00 bits per heavy atom. The maximum Gasteiger partial charge on any atom is 0.188 e. The Hall–Kier alpha value is -2.83. The molecule has 26 heavy (non-hydrogen) atoms. The molecule has 132 valence electrons. The van der Waals surface area contributed by atoms with Gasteiger partial charge in [-0.2, -0.15) is 0 Å². The van der Waals surface area contributed by atoms with Gasteiger partial charge in [-0.25, -0.2) is 4.98 Å². The molecule has 2 aromatic carbocycles. The zero-order chi connectivity index (χ0) is 18.1. The number of hydrogen-bond acceptors (Lipinski definition) is 5. The van der Waals surface area contributed by atoms with Crippen molar-refractivity contribution in [1.82, 2.24) is 14.9 Å². The molecule has 3 aromatic rings. The predicted octanol–water partition coefficient (Wildman–Crippen LogP) is 1.87. The van der Waals surface area contributed by atoms with Crippen molar-refractivity contribution < 1.29 is 14.7 Å². The molecule has 0 bridgehead atoms. The lowest BCUT2D eigenvalue weighted by atomic mass is 9.99. The Bertz CT molecular complexity index is 960. The minimum Gasteiger partial charge on any atom is -0.388 e. The van der Waals surface area contributed by atoms with E-state index >= 15 is 0 Å². The fraction of sp³-hybridized carbons (Fsp3) is 0.250. The first kappa shape index (κ1) is 16.6. The number of aliphatic hydroxyl groups is 1. The minimum absolute atomic E-state index is 0.140. The normalized spacial score (nSPS) is 15.0. The van der Waals surface area contributed by atoms with E-state index in [1.807, 2.05) is 35.2 Å². The average Bonchev–Trinajstić information content (AvgIpc) is 2.96. The van der Waals surface area contributed by atoms with Crippen LogP contribution in [0.15, 0.2) is 42.5 Å². The maximum atomic E-state index is 12.3. The third kappa shape index (κ3) is 3.29. The number of aromatic amines is 1. The van der Waals surface area contributed by atoms with Gasteiger partial charge in [0.05, 0.1) is 24.1 Å². The largest absolute Gasteiger partial charge is 0.388 e. The van der Waals surface area contributed by atoms with Crippen LogP contribution >= 0.6 is 0 Å². The van der Waals surface area contributed by atoms with E-state index in [9.17, 15) is 9.59 Å². The molecule has 0 unspecified atom stereocenters. The van der Waals surface area contributed by atoms with E-state index in [0.29, 0.717) is 31.6 Å². The van der Waals surface area contributed by atoms with E-state index in [4.69, 9.17) is 5.11 Å². The second-order valence-corrected chi connectivity index (χ2v) is 6.63. The van der Waals surface area contributed by atoms with Crippen molar-refractivity contribution >= 4 is 22.6 Å². The molecule has 1 aliphatic heterocycles. The van der Waals surface area contributed by atoms with Crippen LogP contribution in [-0.2, 0) is 24.3 Å². The van der Waals surface area contributed by atoms with E-state index < -0.39 is 6.61 Å².